The van der Waals surface area contributed by atoms with Crippen molar-refractivity contribution in [3.05, 3.63) is 0 Å². The second-order valence-electron chi connectivity index (χ2n) is 3.33. The maximum Gasteiger partial charge on any atom is 0.0784 e. The third kappa shape index (κ3) is 3.21. The molecule has 0 aromatic heterocycles. The highest BCUT2D eigenvalue weighted by atomic mass is 15.3. The lowest BCUT2D eigenvalue weighted by Crippen LogP contribution is -2.44. The molecule has 0 spiro atoms. The van der Waals surface area contributed by atoms with Crippen LogP contribution in [0.2, 0.25) is 0 Å². The zero-order valence-electron chi connectivity index (χ0n) is 7.98. The zero-order valence-corrected chi connectivity index (χ0v) is 7.98. The van der Waals surface area contributed by atoms with Crippen molar-refractivity contribution in [3.63, 3.8) is 0 Å². The Labute approximate surface area is 65.6 Å². The Balaban J connectivity index is 3.58. The monoisotopic (exact) mass is 144 g/mol. The summed E-state index contributed by atoms with van der Waals surface area (Å²) in [5.74, 6) is 0. The molecule has 0 aliphatic carbocycles. The second kappa shape index (κ2) is 4.73. The van der Waals surface area contributed by atoms with Gasteiger partial charge in [-0.05, 0) is 20.3 Å². The van der Waals surface area contributed by atoms with Crippen LogP contribution in [-0.4, -0.2) is 31.2 Å². The molecule has 0 atom stereocenters. The zero-order chi connectivity index (χ0) is 8.04. The molecule has 0 aliphatic heterocycles. The molecule has 0 aliphatic rings. The van der Waals surface area contributed by atoms with Crippen LogP contribution in [0.3, 0.4) is 0 Å². The first-order chi connectivity index (χ1) is 4.68. The van der Waals surface area contributed by atoms with Crippen molar-refractivity contribution < 1.29 is 4.48 Å². The fourth-order valence-electron chi connectivity index (χ4n) is 1.08. The van der Waals surface area contributed by atoms with E-state index in [-0.39, 0.29) is 0 Å². The van der Waals surface area contributed by atoms with E-state index in [9.17, 15) is 0 Å². The number of rotatable bonds is 5. The molecule has 0 fully saturated rings. The van der Waals surface area contributed by atoms with Crippen LogP contribution in [0.15, 0.2) is 0 Å². The number of hydrogen-bond donors (Lipinski definition) is 0. The highest BCUT2D eigenvalue weighted by molar-refractivity contribution is 4.35. The fraction of sp³-hybridized carbons (Fsp3) is 1.00. The molecule has 0 aromatic rings. The minimum atomic E-state index is 1.24. The van der Waals surface area contributed by atoms with E-state index < -0.39 is 0 Å². The molecule has 0 saturated heterocycles. The van der Waals surface area contributed by atoms with E-state index in [2.05, 4.69) is 27.8 Å². The molecule has 10 heavy (non-hydrogen) atoms. The first kappa shape index (κ1) is 9.96. The van der Waals surface area contributed by atoms with Gasteiger partial charge in [0.15, 0.2) is 0 Å². The summed E-state index contributed by atoms with van der Waals surface area (Å²) in [6, 6.07) is 0. The van der Waals surface area contributed by atoms with Gasteiger partial charge in [-0.1, -0.05) is 13.3 Å². The SMILES string of the molecule is CCCC[N+](C)(CC)CC. The summed E-state index contributed by atoms with van der Waals surface area (Å²) in [4.78, 5) is 0. The molecule has 0 aromatic carbocycles. The predicted molar refractivity (Wildman–Crippen MR) is 47.0 cm³/mol. The Morgan fingerprint density at radius 3 is 1.80 bits per heavy atom. The highest BCUT2D eigenvalue weighted by Gasteiger charge is 2.13. The summed E-state index contributed by atoms with van der Waals surface area (Å²) < 4.78 is 1.24. The molecule has 0 radical (unpaired) electrons. The Morgan fingerprint density at radius 2 is 1.50 bits per heavy atom. The van der Waals surface area contributed by atoms with Crippen molar-refractivity contribution in [2.75, 3.05) is 26.7 Å². The first-order valence-electron chi connectivity index (χ1n) is 4.52. The van der Waals surface area contributed by atoms with E-state index >= 15 is 0 Å². The smallest absolute Gasteiger partial charge is 0.0784 e. The fourth-order valence-corrected chi connectivity index (χ4v) is 1.08. The third-order valence-corrected chi connectivity index (χ3v) is 2.58. The lowest BCUT2D eigenvalue weighted by Gasteiger charge is -2.31. The van der Waals surface area contributed by atoms with Gasteiger partial charge in [0.05, 0.1) is 26.7 Å². The van der Waals surface area contributed by atoms with Crippen molar-refractivity contribution in [3.8, 4) is 0 Å². The van der Waals surface area contributed by atoms with E-state index in [1.807, 2.05) is 0 Å². The molecule has 62 valence electrons. The van der Waals surface area contributed by atoms with Gasteiger partial charge in [-0.25, -0.2) is 0 Å². The Hall–Kier alpha value is -0.0400. The van der Waals surface area contributed by atoms with Gasteiger partial charge in [0.1, 0.15) is 0 Å². The molecular weight excluding hydrogens is 122 g/mol. The van der Waals surface area contributed by atoms with Crippen molar-refractivity contribution in [2.45, 2.75) is 33.6 Å². The maximum atomic E-state index is 2.34. The molecule has 0 bridgehead atoms. The molecule has 0 saturated carbocycles. The average Bonchev–Trinajstić information content (AvgIpc) is 2.00. The normalized spacial score (nSPS) is 12.0. The minimum absolute atomic E-state index is 1.24. The summed E-state index contributed by atoms with van der Waals surface area (Å²) in [5.41, 5.74) is 0. The summed E-state index contributed by atoms with van der Waals surface area (Å²) in [5, 5.41) is 0. The topological polar surface area (TPSA) is 0 Å². The highest BCUT2D eigenvalue weighted by Crippen LogP contribution is 2.03. The summed E-state index contributed by atoms with van der Waals surface area (Å²) in [6.07, 6.45) is 2.70. The molecule has 1 nitrogen and oxygen atoms in total. The number of hydrogen-bond acceptors (Lipinski definition) is 0. The van der Waals surface area contributed by atoms with E-state index in [1.54, 1.807) is 0 Å². The molecule has 0 amide bonds. The Morgan fingerprint density at radius 1 is 1.00 bits per heavy atom. The maximum absolute atomic E-state index is 2.34. The van der Waals surface area contributed by atoms with E-state index in [1.165, 1.54) is 37.0 Å². The van der Waals surface area contributed by atoms with Crippen molar-refractivity contribution in [2.24, 2.45) is 0 Å². The van der Waals surface area contributed by atoms with Crippen LogP contribution in [-0.2, 0) is 0 Å². The van der Waals surface area contributed by atoms with Gasteiger partial charge in [-0.15, -0.1) is 0 Å². The number of unbranched alkanes of at least 4 members (excludes halogenated alkanes) is 1. The van der Waals surface area contributed by atoms with Gasteiger partial charge in [-0.3, -0.25) is 0 Å². The lowest BCUT2D eigenvalue weighted by molar-refractivity contribution is -0.906. The summed E-state index contributed by atoms with van der Waals surface area (Å²) in [6.45, 7) is 10.7. The van der Waals surface area contributed by atoms with E-state index in [4.69, 9.17) is 0 Å². The van der Waals surface area contributed by atoms with Gasteiger partial charge in [0.25, 0.3) is 0 Å². The van der Waals surface area contributed by atoms with Crippen LogP contribution < -0.4 is 0 Å². The van der Waals surface area contributed by atoms with Crippen LogP contribution in [0.4, 0.5) is 0 Å². The average molecular weight is 144 g/mol. The van der Waals surface area contributed by atoms with E-state index in [0.717, 1.165) is 0 Å². The standard InChI is InChI=1S/C9H22N/c1-5-8-9-10(4,6-2)7-3/h5-9H2,1-4H3/q+1. The van der Waals surface area contributed by atoms with E-state index in [0.29, 0.717) is 0 Å². The van der Waals surface area contributed by atoms with Crippen LogP contribution in [0.25, 0.3) is 0 Å². The van der Waals surface area contributed by atoms with Crippen LogP contribution in [0, 0.1) is 0 Å². The van der Waals surface area contributed by atoms with Crippen molar-refractivity contribution >= 4 is 0 Å². The van der Waals surface area contributed by atoms with Crippen LogP contribution >= 0.6 is 0 Å². The Kier molecular flexibility index (Phi) is 4.71. The summed E-state index contributed by atoms with van der Waals surface area (Å²) >= 11 is 0. The largest absolute Gasteiger partial charge is 0.327 e. The van der Waals surface area contributed by atoms with Crippen LogP contribution in [0.1, 0.15) is 33.6 Å². The van der Waals surface area contributed by atoms with Gasteiger partial charge in [0, 0.05) is 0 Å². The second-order valence-corrected chi connectivity index (χ2v) is 3.33. The molecule has 0 heterocycles. The van der Waals surface area contributed by atoms with Gasteiger partial charge < -0.3 is 4.48 Å². The van der Waals surface area contributed by atoms with Crippen molar-refractivity contribution in [1.29, 1.82) is 0 Å². The molecule has 0 rings (SSSR count). The minimum Gasteiger partial charge on any atom is -0.327 e. The van der Waals surface area contributed by atoms with Crippen LogP contribution in [0.5, 0.6) is 0 Å². The molecular formula is C9H22N+. The molecule has 0 unspecified atom stereocenters. The molecule has 1 heteroatoms. The van der Waals surface area contributed by atoms with Gasteiger partial charge in [0.2, 0.25) is 0 Å². The number of quaternary nitrogens is 1. The summed E-state index contributed by atoms with van der Waals surface area (Å²) in [7, 11) is 2.34. The predicted octanol–water partition coefficient (Wildman–Crippen LogP) is 2.27. The molecule has 0 N–H and O–H groups in total. The third-order valence-electron chi connectivity index (χ3n) is 2.58. The number of nitrogens with zero attached hydrogens (tertiary/aromatic N) is 1. The van der Waals surface area contributed by atoms with Gasteiger partial charge >= 0.3 is 0 Å². The van der Waals surface area contributed by atoms with Crippen molar-refractivity contribution in [1.82, 2.24) is 0 Å². The quantitative estimate of drug-likeness (QED) is 0.519. The van der Waals surface area contributed by atoms with Gasteiger partial charge in [-0.2, -0.15) is 0 Å². The first-order valence-corrected chi connectivity index (χ1v) is 4.52. The Bertz CT molecular complexity index is 74.8. The lowest BCUT2D eigenvalue weighted by atomic mass is 10.3.